The number of pyridine rings is 1. The first kappa shape index (κ1) is 16.0. The molecule has 0 atom stereocenters. The number of rotatable bonds is 3. The molecule has 26 heavy (non-hydrogen) atoms. The smallest absolute Gasteiger partial charge is 0.255 e. The molecule has 0 bridgehead atoms. The molecule has 4 rings (SSSR count). The molecule has 2 heterocycles. The van der Waals surface area contributed by atoms with E-state index in [9.17, 15) is 4.79 Å². The number of benzene rings is 2. The van der Waals surface area contributed by atoms with Gasteiger partial charge in [0.15, 0.2) is 0 Å². The second-order valence-electron chi connectivity index (χ2n) is 6.11. The van der Waals surface area contributed by atoms with Gasteiger partial charge in [-0.2, -0.15) is 0 Å². The van der Waals surface area contributed by atoms with Crippen molar-refractivity contribution in [1.29, 1.82) is 0 Å². The van der Waals surface area contributed by atoms with Crippen molar-refractivity contribution >= 4 is 22.5 Å². The molecule has 5 nitrogen and oxygen atoms in total. The highest BCUT2D eigenvalue weighted by molar-refractivity contribution is 6.06. The van der Waals surface area contributed by atoms with Crippen molar-refractivity contribution in [1.82, 2.24) is 9.97 Å². The summed E-state index contributed by atoms with van der Waals surface area (Å²) in [4.78, 5) is 21.3. The number of aromatic nitrogens is 2. The van der Waals surface area contributed by atoms with Gasteiger partial charge in [-0.15, -0.1) is 0 Å². The van der Waals surface area contributed by atoms with E-state index in [1.807, 2.05) is 62.4 Å². The first-order valence-electron chi connectivity index (χ1n) is 8.31. The van der Waals surface area contributed by atoms with E-state index >= 15 is 0 Å². The Balaban J connectivity index is 1.60. The minimum atomic E-state index is -0.173. The summed E-state index contributed by atoms with van der Waals surface area (Å²) in [6.07, 6.45) is 1.74. The second kappa shape index (κ2) is 6.44. The van der Waals surface area contributed by atoms with Crippen LogP contribution in [0.25, 0.3) is 22.4 Å². The number of oxazole rings is 1. The molecule has 5 heteroatoms. The molecule has 1 N–H and O–H groups in total. The molecule has 0 saturated heterocycles. The average molecular weight is 343 g/mol. The minimum absolute atomic E-state index is 0.173. The van der Waals surface area contributed by atoms with Crippen molar-refractivity contribution in [2.45, 2.75) is 13.8 Å². The molecular weight excluding hydrogens is 326 g/mol. The van der Waals surface area contributed by atoms with Crippen molar-refractivity contribution in [3.63, 3.8) is 0 Å². The Morgan fingerprint density at radius 2 is 1.92 bits per heavy atom. The van der Waals surface area contributed by atoms with E-state index in [-0.39, 0.29) is 5.91 Å². The number of carbonyl (C=O) groups is 1. The summed E-state index contributed by atoms with van der Waals surface area (Å²) in [5.41, 5.74) is 3.81. The van der Waals surface area contributed by atoms with Crippen molar-refractivity contribution in [2.75, 3.05) is 5.32 Å². The molecule has 0 saturated carbocycles. The maximum absolute atomic E-state index is 12.6. The van der Waals surface area contributed by atoms with Crippen LogP contribution in [0.5, 0.6) is 0 Å². The van der Waals surface area contributed by atoms with E-state index < -0.39 is 0 Å². The fourth-order valence-electron chi connectivity index (χ4n) is 2.75. The first-order chi connectivity index (χ1) is 12.6. The van der Waals surface area contributed by atoms with Crippen LogP contribution in [0.4, 0.5) is 5.69 Å². The highest BCUT2D eigenvalue weighted by Gasteiger charge is 2.11. The minimum Gasteiger partial charge on any atom is -0.441 e. The number of aryl methyl sites for hydroxylation is 2. The second-order valence-corrected chi connectivity index (χ2v) is 6.11. The van der Waals surface area contributed by atoms with Gasteiger partial charge >= 0.3 is 0 Å². The molecule has 0 aliphatic heterocycles. The number of carbonyl (C=O) groups excluding carboxylic acids is 1. The van der Waals surface area contributed by atoms with Gasteiger partial charge < -0.3 is 9.73 Å². The van der Waals surface area contributed by atoms with Gasteiger partial charge in [0.05, 0.1) is 11.2 Å². The van der Waals surface area contributed by atoms with Crippen LogP contribution in [-0.2, 0) is 0 Å². The van der Waals surface area contributed by atoms with Crippen LogP contribution < -0.4 is 5.32 Å². The Bertz CT molecular complexity index is 1100. The molecule has 0 unspecified atom stereocenters. The maximum atomic E-state index is 12.6. The third-order valence-corrected chi connectivity index (χ3v) is 4.26. The van der Waals surface area contributed by atoms with E-state index in [2.05, 4.69) is 15.3 Å². The van der Waals surface area contributed by atoms with Gasteiger partial charge in [0.1, 0.15) is 5.76 Å². The van der Waals surface area contributed by atoms with E-state index in [0.29, 0.717) is 17.1 Å². The van der Waals surface area contributed by atoms with Gasteiger partial charge in [-0.05, 0) is 56.3 Å². The fourth-order valence-corrected chi connectivity index (χ4v) is 2.75. The molecule has 2 aromatic carbocycles. The van der Waals surface area contributed by atoms with Gasteiger partial charge in [0.2, 0.25) is 5.89 Å². The normalized spacial score (nSPS) is 10.8. The lowest BCUT2D eigenvalue weighted by Crippen LogP contribution is -2.11. The van der Waals surface area contributed by atoms with Crippen LogP contribution >= 0.6 is 0 Å². The number of hydrogen-bond donors (Lipinski definition) is 1. The Morgan fingerprint density at radius 1 is 1.04 bits per heavy atom. The largest absolute Gasteiger partial charge is 0.441 e. The molecular formula is C21H17N3O2. The van der Waals surface area contributed by atoms with Crippen LogP contribution in [0, 0.1) is 13.8 Å². The van der Waals surface area contributed by atoms with Crippen LogP contribution in [0.2, 0.25) is 0 Å². The summed E-state index contributed by atoms with van der Waals surface area (Å²) in [6.45, 7) is 3.79. The molecule has 1 amide bonds. The predicted molar refractivity (Wildman–Crippen MR) is 101 cm³/mol. The van der Waals surface area contributed by atoms with Gasteiger partial charge in [0, 0.05) is 28.4 Å². The molecule has 0 fully saturated rings. The number of amides is 1. The molecule has 0 radical (unpaired) electrons. The summed E-state index contributed by atoms with van der Waals surface area (Å²) in [6, 6.07) is 16.7. The van der Waals surface area contributed by atoms with Crippen LogP contribution in [0.3, 0.4) is 0 Å². The quantitative estimate of drug-likeness (QED) is 0.582. The third-order valence-electron chi connectivity index (χ3n) is 4.26. The topological polar surface area (TPSA) is 68.0 Å². The summed E-state index contributed by atoms with van der Waals surface area (Å²) in [5.74, 6) is 1.17. The molecule has 0 aliphatic rings. The van der Waals surface area contributed by atoms with Crippen LogP contribution in [0.15, 0.2) is 65.2 Å². The number of anilines is 1. The third kappa shape index (κ3) is 3.07. The zero-order valence-corrected chi connectivity index (χ0v) is 14.5. The van der Waals surface area contributed by atoms with Crippen molar-refractivity contribution in [3.8, 4) is 11.5 Å². The highest BCUT2D eigenvalue weighted by Crippen LogP contribution is 2.24. The maximum Gasteiger partial charge on any atom is 0.255 e. The Labute approximate surface area is 150 Å². The van der Waals surface area contributed by atoms with Crippen molar-refractivity contribution < 1.29 is 9.21 Å². The molecule has 0 aliphatic carbocycles. The lowest BCUT2D eigenvalue weighted by Gasteiger charge is -2.07. The van der Waals surface area contributed by atoms with Crippen molar-refractivity contribution in [2.24, 2.45) is 0 Å². The van der Waals surface area contributed by atoms with Crippen LogP contribution in [0.1, 0.15) is 21.8 Å². The Kier molecular flexibility index (Phi) is 3.97. The number of nitrogens with one attached hydrogen (secondary N) is 1. The summed E-state index contributed by atoms with van der Waals surface area (Å²) in [7, 11) is 0. The highest BCUT2D eigenvalue weighted by atomic mass is 16.4. The fraction of sp³-hybridized carbons (Fsp3) is 0.0952. The van der Waals surface area contributed by atoms with E-state index in [1.54, 1.807) is 12.3 Å². The van der Waals surface area contributed by atoms with Gasteiger partial charge in [-0.25, -0.2) is 4.98 Å². The summed E-state index contributed by atoms with van der Waals surface area (Å²) >= 11 is 0. The number of nitrogens with zero attached hydrogens (tertiary/aromatic N) is 2. The monoisotopic (exact) mass is 343 g/mol. The Morgan fingerprint density at radius 3 is 2.73 bits per heavy atom. The van der Waals surface area contributed by atoms with E-state index in [4.69, 9.17) is 4.42 Å². The zero-order chi connectivity index (χ0) is 18.1. The first-order valence-corrected chi connectivity index (χ1v) is 8.31. The number of fused-ring (bicyclic) bond motifs is 1. The molecule has 0 spiro atoms. The average Bonchev–Trinajstić information content (AvgIpc) is 3.00. The number of hydrogen-bond acceptors (Lipinski definition) is 4. The molecule has 4 aromatic rings. The van der Waals surface area contributed by atoms with Gasteiger partial charge in [-0.1, -0.05) is 12.1 Å². The van der Waals surface area contributed by atoms with Crippen LogP contribution in [-0.4, -0.2) is 15.9 Å². The zero-order valence-electron chi connectivity index (χ0n) is 14.5. The molecule has 2 aromatic heterocycles. The lowest BCUT2D eigenvalue weighted by molar-refractivity contribution is 0.102. The molecule has 128 valence electrons. The van der Waals surface area contributed by atoms with E-state index in [0.717, 1.165) is 27.9 Å². The summed E-state index contributed by atoms with van der Waals surface area (Å²) in [5, 5.41) is 3.86. The van der Waals surface area contributed by atoms with Gasteiger partial charge in [0.25, 0.3) is 5.91 Å². The van der Waals surface area contributed by atoms with E-state index in [1.165, 1.54) is 0 Å². The lowest BCUT2D eigenvalue weighted by atomic mass is 10.1. The summed E-state index contributed by atoms with van der Waals surface area (Å²) < 4.78 is 5.66. The SMILES string of the molecule is Cc1nc(-c2cccc(NC(=O)c3ccc4ncccc4c3)c2)oc1C. The Hall–Kier alpha value is -3.47. The van der Waals surface area contributed by atoms with Gasteiger partial charge in [-0.3, -0.25) is 9.78 Å². The standard InChI is InChI=1S/C21H17N3O2/c1-13-14(2)26-21(23-13)17-5-3-7-18(12-17)24-20(25)16-8-9-19-15(11-16)6-4-10-22-19/h3-12H,1-2H3,(H,24,25). The predicted octanol–water partition coefficient (Wildman–Crippen LogP) is 4.76. The van der Waals surface area contributed by atoms with Crippen molar-refractivity contribution in [3.05, 3.63) is 77.8 Å².